The predicted octanol–water partition coefficient (Wildman–Crippen LogP) is 1.76. The Morgan fingerprint density at radius 1 is 1.47 bits per heavy atom. The lowest BCUT2D eigenvalue weighted by Gasteiger charge is -2.41. The van der Waals surface area contributed by atoms with Crippen LogP contribution in [0.2, 0.25) is 0 Å². The van der Waals surface area contributed by atoms with E-state index in [9.17, 15) is 4.79 Å². The first-order valence-corrected chi connectivity index (χ1v) is 6.64. The molecule has 0 aromatic heterocycles. The summed E-state index contributed by atoms with van der Waals surface area (Å²) in [4.78, 5) is 13.8. The van der Waals surface area contributed by atoms with Crippen LogP contribution >= 0.6 is 0 Å². The van der Waals surface area contributed by atoms with Crippen LogP contribution in [0.3, 0.4) is 0 Å². The Kier molecular flexibility index (Phi) is 3.04. The third-order valence-corrected chi connectivity index (χ3v) is 4.24. The molecule has 1 fully saturated rings. The Morgan fingerprint density at radius 3 is 2.95 bits per heavy atom. The molecule has 1 aliphatic heterocycles. The number of hydrogen-bond acceptors (Lipinski definition) is 3. The fourth-order valence-electron chi connectivity index (χ4n) is 3.15. The van der Waals surface area contributed by atoms with Crippen LogP contribution in [0.4, 0.5) is 0 Å². The summed E-state index contributed by atoms with van der Waals surface area (Å²) in [6.45, 7) is 1.63. The number of aryl methyl sites for hydroxylation is 1. The van der Waals surface area contributed by atoms with Crippen molar-refractivity contribution in [3.63, 3.8) is 0 Å². The third kappa shape index (κ3) is 2.02. The number of ether oxygens (including phenoxy) is 1. The number of carbonyl (C=O) groups is 1. The maximum absolute atomic E-state index is 11.4. The Labute approximate surface area is 113 Å². The fraction of sp³-hybridized carbons (Fsp3) is 0.438. The second kappa shape index (κ2) is 4.71. The Balaban J connectivity index is 1.71. The van der Waals surface area contributed by atoms with Gasteiger partial charge in [-0.2, -0.15) is 0 Å². The van der Waals surface area contributed by atoms with E-state index in [1.54, 1.807) is 0 Å². The third-order valence-electron chi connectivity index (χ3n) is 4.24. The zero-order valence-electron chi connectivity index (χ0n) is 11.1. The first-order chi connectivity index (χ1) is 9.22. The van der Waals surface area contributed by atoms with Gasteiger partial charge in [0.1, 0.15) is 0 Å². The number of hydrogen-bond donors (Lipinski definition) is 0. The van der Waals surface area contributed by atoms with Gasteiger partial charge in [0.15, 0.2) is 0 Å². The molecule has 0 radical (unpaired) electrons. The number of rotatable bonds is 2. The highest BCUT2D eigenvalue weighted by Gasteiger charge is 2.39. The molecule has 1 aromatic rings. The van der Waals surface area contributed by atoms with Crippen molar-refractivity contribution in [3.8, 4) is 12.3 Å². The van der Waals surface area contributed by atoms with E-state index in [0.717, 1.165) is 31.5 Å². The van der Waals surface area contributed by atoms with E-state index in [1.165, 1.54) is 18.2 Å². The van der Waals surface area contributed by atoms with Gasteiger partial charge in [0.05, 0.1) is 13.0 Å². The van der Waals surface area contributed by atoms with Gasteiger partial charge in [-0.1, -0.05) is 12.0 Å². The molecule has 0 amide bonds. The molecular weight excluding hydrogens is 238 g/mol. The fourth-order valence-corrected chi connectivity index (χ4v) is 3.15. The molecule has 1 aliphatic carbocycles. The number of likely N-dealkylation sites (tertiary alicyclic amines) is 1. The maximum atomic E-state index is 11.4. The van der Waals surface area contributed by atoms with Gasteiger partial charge >= 0.3 is 5.97 Å². The maximum Gasteiger partial charge on any atom is 0.311 e. The van der Waals surface area contributed by atoms with Crippen LogP contribution in [0.5, 0.6) is 0 Å². The van der Waals surface area contributed by atoms with Gasteiger partial charge in [-0.05, 0) is 36.1 Å². The van der Waals surface area contributed by atoms with Crippen LogP contribution in [0, 0.1) is 18.3 Å². The molecule has 0 saturated carbocycles. The topological polar surface area (TPSA) is 29.5 Å². The average molecular weight is 255 g/mol. The molecule has 1 atom stereocenters. The highest BCUT2D eigenvalue weighted by atomic mass is 16.5. The van der Waals surface area contributed by atoms with Crippen LogP contribution in [0.1, 0.15) is 29.2 Å². The summed E-state index contributed by atoms with van der Waals surface area (Å²) in [6.07, 6.45) is 7.63. The second-order valence-electron chi connectivity index (χ2n) is 5.29. The number of terminal acetylenes is 1. The molecule has 0 N–H and O–H groups in total. The molecule has 0 spiro atoms. The average Bonchev–Trinajstić information content (AvgIpc) is 2.79. The van der Waals surface area contributed by atoms with Crippen LogP contribution < -0.4 is 0 Å². The van der Waals surface area contributed by atoms with Gasteiger partial charge in [0.2, 0.25) is 0 Å². The minimum atomic E-state index is -0.0860. The zero-order valence-corrected chi connectivity index (χ0v) is 11.1. The number of carbonyl (C=O) groups excluding carboxylic acids is 1. The lowest BCUT2D eigenvalue weighted by Crippen LogP contribution is -2.51. The van der Waals surface area contributed by atoms with Gasteiger partial charge in [-0.3, -0.25) is 9.69 Å². The van der Waals surface area contributed by atoms with Crippen molar-refractivity contribution in [3.05, 3.63) is 34.9 Å². The van der Waals surface area contributed by atoms with Crippen molar-refractivity contribution >= 4 is 5.97 Å². The number of nitrogens with zero attached hydrogens (tertiary/aromatic N) is 1. The summed E-state index contributed by atoms with van der Waals surface area (Å²) in [7, 11) is 1.46. The smallest absolute Gasteiger partial charge is 0.311 e. The SMILES string of the molecule is C#Cc1ccc2c(c1)CCC2N1CC(C(=O)OC)C1. The lowest BCUT2D eigenvalue weighted by molar-refractivity contribution is -0.152. The zero-order chi connectivity index (χ0) is 13.4. The van der Waals surface area contributed by atoms with Crippen LogP contribution in [-0.2, 0) is 16.0 Å². The van der Waals surface area contributed by atoms with Crippen LogP contribution in [0.25, 0.3) is 0 Å². The molecular formula is C16H17NO2. The molecule has 3 nitrogen and oxygen atoms in total. The van der Waals surface area contributed by atoms with Crippen molar-refractivity contribution < 1.29 is 9.53 Å². The second-order valence-corrected chi connectivity index (χ2v) is 5.29. The number of benzene rings is 1. The number of fused-ring (bicyclic) bond motifs is 1. The van der Waals surface area contributed by atoms with E-state index >= 15 is 0 Å². The molecule has 2 aliphatic rings. The number of methoxy groups -OCH3 is 1. The quantitative estimate of drug-likeness (QED) is 0.596. The van der Waals surface area contributed by atoms with E-state index < -0.39 is 0 Å². The molecule has 98 valence electrons. The van der Waals surface area contributed by atoms with E-state index in [2.05, 4.69) is 23.0 Å². The van der Waals surface area contributed by atoms with Crippen molar-refractivity contribution in [2.24, 2.45) is 5.92 Å². The molecule has 3 rings (SSSR count). The minimum Gasteiger partial charge on any atom is -0.469 e. The van der Waals surface area contributed by atoms with Crippen LogP contribution in [0.15, 0.2) is 18.2 Å². The van der Waals surface area contributed by atoms with E-state index in [4.69, 9.17) is 11.2 Å². The van der Waals surface area contributed by atoms with E-state index in [-0.39, 0.29) is 11.9 Å². The molecule has 1 saturated heterocycles. The summed E-state index contributed by atoms with van der Waals surface area (Å²) in [6, 6.07) is 6.72. The van der Waals surface area contributed by atoms with Gasteiger partial charge in [0, 0.05) is 24.7 Å². The molecule has 19 heavy (non-hydrogen) atoms. The summed E-state index contributed by atoms with van der Waals surface area (Å²) in [5.74, 6) is 2.65. The monoisotopic (exact) mass is 255 g/mol. The van der Waals surface area contributed by atoms with Crippen molar-refractivity contribution in [1.82, 2.24) is 4.90 Å². The molecule has 3 heteroatoms. The summed E-state index contributed by atoms with van der Waals surface area (Å²) < 4.78 is 4.78. The molecule has 1 heterocycles. The normalized spacial score (nSPS) is 22.4. The van der Waals surface area contributed by atoms with Gasteiger partial charge < -0.3 is 4.74 Å². The Morgan fingerprint density at radius 2 is 2.26 bits per heavy atom. The molecule has 1 aromatic carbocycles. The summed E-state index contributed by atoms with van der Waals surface area (Å²) >= 11 is 0. The van der Waals surface area contributed by atoms with E-state index in [1.807, 2.05) is 6.07 Å². The molecule has 0 bridgehead atoms. The predicted molar refractivity (Wildman–Crippen MR) is 72.5 cm³/mol. The lowest BCUT2D eigenvalue weighted by atomic mass is 9.95. The van der Waals surface area contributed by atoms with Gasteiger partial charge in [-0.25, -0.2) is 0 Å². The van der Waals surface area contributed by atoms with Crippen molar-refractivity contribution in [1.29, 1.82) is 0 Å². The van der Waals surface area contributed by atoms with Crippen LogP contribution in [-0.4, -0.2) is 31.1 Å². The van der Waals surface area contributed by atoms with E-state index in [0.29, 0.717) is 6.04 Å². The Bertz CT molecular complexity index is 552. The molecule has 1 unspecified atom stereocenters. The van der Waals surface area contributed by atoms with Crippen molar-refractivity contribution in [2.75, 3.05) is 20.2 Å². The van der Waals surface area contributed by atoms with Gasteiger partial charge in [0.25, 0.3) is 0 Å². The van der Waals surface area contributed by atoms with Crippen molar-refractivity contribution in [2.45, 2.75) is 18.9 Å². The summed E-state index contributed by atoms with van der Waals surface area (Å²) in [5.41, 5.74) is 3.69. The first kappa shape index (κ1) is 12.3. The summed E-state index contributed by atoms with van der Waals surface area (Å²) in [5, 5.41) is 0. The highest BCUT2D eigenvalue weighted by Crippen LogP contribution is 2.39. The first-order valence-electron chi connectivity index (χ1n) is 6.64. The highest BCUT2D eigenvalue weighted by molar-refractivity contribution is 5.73. The van der Waals surface area contributed by atoms with Gasteiger partial charge in [-0.15, -0.1) is 6.42 Å². The largest absolute Gasteiger partial charge is 0.469 e. The minimum absolute atomic E-state index is 0.0547. The Hall–Kier alpha value is -1.79. The number of esters is 1. The standard InChI is InChI=1S/C16H17NO2/c1-3-11-4-6-14-12(8-11)5-7-15(14)17-9-13(10-17)16(18)19-2/h1,4,6,8,13,15H,5,7,9-10H2,2H3.